The fourth-order valence-corrected chi connectivity index (χ4v) is 3.11. The third-order valence-electron chi connectivity index (χ3n) is 4.58. The molecule has 4 N–H and O–H groups in total. The monoisotopic (exact) mass is 363 g/mol. The van der Waals surface area contributed by atoms with Crippen LogP contribution >= 0.6 is 0 Å². The van der Waals surface area contributed by atoms with Crippen LogP contribution in [0.4, 0.5) is 4.39 Å². The van der Waals surface area contributed by atoms with Crippen molar-refractivity contribution in [3.05, 3.63) is 68.2 Å². The van der Waals surface area contributed by atoms with E-state index in [1.54, 1.807) is 0 Å². The van der Waals surface area contributed by atoms with Crippen molar-refractivity contribution < 1.29 is 19.4 Å². The average molecular weight is 363 g/mol. The van der Waals surface area contributed by atoms with Crippen molar-refractivity contribution in [1.82, 2.24) is 14.9 Å². The van der Waals surface area contributed by atoms with Crippen LogP contribution in [0.2, 0.25) is 0 Å². The molecule has 1 aromatic carbocycles. The van der Waals surface area contributed by atoms with Crippen molar-refractivity contribution in [2.75, 3.05) is 0 Å². The number of hydrogen-bond donors (Lipinski definition) is 4. The lowest BCUT2D eigenvalue weighted by molar-refractivity contribution is 0.0130. The highest BCUT2D eigenvalue weighted by atomic mass is 19.1. The van der Waals surface area contributed by atoms with Gasteiger partial charge in [-0.2, -0.15) is 0 Å². The third kappa shape index (κ3) is 3.31. The molecular formula is C17H18FN3O5. The van der Waals surface area contributed by atoms with Gasteiger partial charge in [-0.3, -0.25) is 19.1 Å². The van der Waals surface area contributed by atoms with Crippen LogP contribution in [0.15, 0.2) is 40.1 Å². The minimum Gasteiger partial charge on any atom is -0.388 e. The number of rotatable bonds is 3. The van der Waals surface area contributed by atoms with Gasteiger partial charge in [0.05, 0.1) is 12.1 Å². The number of hydrogen-bond acceptors (Lipinski definition) is 5. The Morgan fingerprint density at radius 1 is 1.23 bits per heavy atom. The van der Waals surface area contributed by atoms with Gasteiger partial charge in [-0.1, -0.05) is 0 Å². The highest BCUT2D eigenvalue weighted by Crippen LogP contribution is 2.30. The number of amides is 1. The predicted molar refractivity (Wildman–Crippen MR) is 89.4 cm³/mol. The summed E-state index contributed by atoms with van der Waals surface area (Å²) in [6, 6.07) is 3.25. The lowest BCUT2D eigenvalue weighted by atomic mass is 10.1. The summed E-state index contributed by atoms with van der Waals surface area (Å²) in [5.74, 6) is -1.02. The summed E-state index contributed by atoms with van der Waals surface area (Å²) in [4.78, 5) is 37.9. The summed E-state index contributed by atoms with van der Waals surface area (Å²) in [7, 11) is 0. The SMILES string of the molecule is Cc1cn([C@@H]2C[C@@H](NC(=O)c3ccc(F)cc3)[C@@H](O)[C@@H]2O)c(=O)[nH]c1=O. The van der Waals surface area contributed by atoms with E-state index >= 15 is 0 Å². The van der Waals surface area contributed by atoms with Gasteiger partial charge in [-0.15, -0.1) is 0 Å². The molecule has 2 aromatic rings. The molecule has 3 rings (SSSR count). The van der Waals surface area contributed by atoms with Crippen molar-refractivity contribution in [3.63, 3.8) is 0 Å². The summed E-state index contributed by atoms with van der Waals surface area (Å²) in [6.07, 6.45) is -1.22. The quantitative estimate of drug-likeness (QED) is 0.582. The molecule has 8 nitrogen and oxygen atoms in total. The summed E-state index contributed by atoms with van der Waals surface area (Å²) in [5.41, 5.74) is -0.749. The van der Waals surface area contributed by atoms with Crippen molar-refractivity contribution >= 4 is 5.91 Å². The lowest BCUT2D eigenvalue weighted by Gasteiger charge is -2.19. The second kappa shape index (κ2) is 6.85. The minimum absolute atomic E-state index is 0.0840. The van der Waals surface area contributed by atoms with E-state index in [1.807, 2.05) is 0 Å². The van der Waals surface area contributed by atoms with E-state index < -0.39 is 47.3 Å². The summed E-state index contributed by atoms with van der Waals surface area (Å²) in [6.45, 7) is 1.51. The zero-order valence-electron chi connectivity index (χ0n) is 13.8. The Morgan fingerprint density at radius 3 is 2.54 bits per heavy atom. The fraction of sp³-hybridized carbons (Fsp3) is 0.353. The van der Waals surface area contributed by atoms with Crippen molar-refractivity contribution in [3.8, 4) is 0 Å². The lowest BCUT2D eigenvalue weighted by Crippen LogP contribution is -2.43. The maximum atomic E-state index is 12.9. The number of halogens is 1. The van der Waals surface area contributed by atoms with Crippen LogP contribution in [0.5, 0.6) is 0 Å². The number of aliphatic hydroxyl groups is 2. The molecule has 9 heteroatoms. The number of H-pyrrole nitrogens is 1. The molecule has 1 fully saturated rings. The normalized spacial score (nSPS) is 25.2. The van der Waals surface area contributed by atoms with Gasteiger partial charge < -0.3 is 15.5 Å². The Balaban J connectivity index is 1.81. The Hall–Kier alpha value is -2.78. The zero-order valence-corrected chi connectivity index (χ0v) is 13.8. The number of aromatic nitrogens is 2. The van der Waals surface area contributed by atoms with Gasteiger partial charge in [0, 0.05) is 17.3 Å². The molecule has 26 heavy (non-hydrogen) atoms. The van der Waals surface area contributed by atoms with Crippen LogP contribution in [-0.4, -0.2) is 43.9 Å². The molecular weight excluding hydrogens is 345 g/mol. The maximum absolute atomic E-state index is 12.9. The molecule has 138 valence electrons. The predicted octanol–water partition coefficient (Wildman–Crippen LogP) is -0.551. The Morgan fingerprint density at radius 2 is 1.88 bits per heavy atom. The Kier molecular flexibility index (Phi) is 4.75. The van der Waals surface area contributed by atoms with Crippen molar-refractivity contribution in [2.45, 2.75) is 37.6 Å². The van der Waals surface area contributed by atoms with Crippen molar-refractivity contribution in [2.24, 2.45) is 0 Å². The number of carbonyl (C=O) groups is 1. The highest BCUT2D eigenvalue weighted by molar-refractivity contribution is 5.94. The molecule has 0 saturated heterocycles. The van der Waals surface area contributed by atoms with Crippen LogP contribution in [0, 0.1) is 12.7 Å². The fourth-order valence-electron chi connectivity index (χ4n) is 3.11. The topological polar surface area (TPSA) is 124 Å². The summed E-state index contributed by atoms with van der Waals surface area (Å²) < 4.78 is 14.1. The molecule has 0 spiro atoms. The van der Waals surface area contributed by atoms with Gasteiger partial charge in [-0.25, -0.2) is 9.18 Å². The molecule has 1 aromatic heterocycles. The van der Waals surface area contributed by atoms with Crippen LogP contribution in [0.3, 0.4) is 0 Å². The first-order valence-corrected chi connectivity index (χ1v) is 8.02. The standard InChI is InChI=1S/C17H18FN3O5/c1-8-7-21(17(26)20-15(8)24)12-6-11(13(22)14(12)23)19-16(25)9-2-4-10(18)5-3-9/h2-5,7,11-14,22-23H,6H2,1H3,(H,19,25)(H,20,24,26)/t11-,12-,13-,14-/m1/s1. The number of benzene rings is 1. The van der Waals surface area contributed by atoms with Gasteiger partial charge in [-0.05, 0) is 37.6 Å². The summed E-state index contributed by atoms with van der Waals surface area (Å²) in [5, 5.41) is 23.1. The number of aromatic amines is 1. The van der Waals surface area contributed by atoms with Crippen LogP contribution in [0.1, 0.15) is 28.4 Å². The van der Waals surface area contributed by atoms with E-state index in [9.17, 15) is 29.0 Å². The molecule has 1 aliphatic carbocycles. The number of aryl methyl sites for hydroxylation is 1. The first-order valence-electron chi connectivity index (χ1n) is 8.02. The molecule has 0 radical (unpaired) electrons. The van der Waals surface area contributed by atoms with E-state index in [0.717, 1.165) is 16.7 Å². The average Bonchev–Trinajstić information content (AvgIpc) is 2.87. The van der Waals surface area contributed by atoms with Crippen LogP contribution in [0.25, 0.3) is 0 Å². The number of nitrogens with zero attached hydrogens (tertiary/aromatic N) is 1. The number of aliphatic hydroxyl groups excluding tert-OH is 2. The minimum atomic E-state index is -1.31. The van der Waals surface area contributed by atoms with Gasteiger partial charge >= 0.3 is 5.69 Å². The Bertz CT molecular complexity index is 937. The highest BCUT2D eigenvalue weighted by Gasteiger charge is 2.43. The van der Waals surface area contributed by atoms with Gasteiger partial charge in [0.1, 0.15) is 18.0 Å². The molecule has 1 saturated carbocycles. The van der Waals surface area contributed by atoms with Crippen molar-refractivity contribution in [1.29, 1.82) is 0 Å². The summed E-state index contributed by atoms with van der Waals surface area (Å²) >= 11 is 0. The number of nitrogens with one attached hydrogen (secondary N) is 2. The zero-order chi connectivity index (χ0) is 19.0. The van der Waals surface area contributed by atoms with E-state index in [0.29, 0.717) is 0 Å². The van der Waals surface area contributed by atoms with E-state index in [-0.39, 0.29) is 17.5 Å². The van der Waals surface area contributed by atoms with Crippen LogP contribution in [-0.2, 0) is 0 Å². The smallest absolute Gasteiger partial charge is 0.328 e. The molecule has 0 aliphatic heterocycles. The largest absolute Gasteiger partial charge is 0.388 e. The van der Waals surface area contributed by atoms with Gasteiger partial charge in [0.25, 0.3) is 11.5 Å². The second-order valence-electron chi connectivity index (χ2n) is 6.35. The van der Waals surface area contributed by atoms with Crippen LogP contribution < -0.4 is 16.6 Å². The maximum Gasteiger partial charge on any atom is 0.328 e. The first kappa shape index (κ1) is 18.0. The Labute approximate surface area is 146 Å². The molecule has 1 aliphatic rings. The van der Waals surface area contributed by atoms with E-state index in [2.05, 4.69) is 10.3 Å². The van der Waals surface area contributed by atoms with Gasteiger partial charge in [0.2, 0.25) is 0 Å². The molecule has 0 unspecified atom stereocenters. The van der Waals surface area contributed by atoms with E-state index in [4.69, 9.17) is 0 Å². The second-order valence-corrected chi connectivity index (χ2v) is 6.35. The number of carbonyl (C=O) groups excluding carboxylic acids is 1. The third-order valence-corrected chi connectivity index (χ3v) is 4.58. The molecule has 1 amide bonds. The molecule has 4 atom stereocenters. The molecule has 0 bridgehead atoms. The first-order chi connectivity index (χ1) is 12.3. The molecule has 1 heterocycles. The van der Waals surface area contributed by atoms with Gasteiger partial charge in [0.15, 0.2) is 0 Å². The van der Waals surface area contributed by atoms with E-state index in [1.165, 1.54) is 25.3 Å².